The van der Waals surface area contributed by atoms with Crippen LogP contribution >= 0.6 is 0 Å². The van der Waals surface area contributed by atoms with Crippen molar-refractivity contribution in [3.8, 4) is 0 Å². The quantitative estimate of drug-likeness (QED) is 0.570. The molecule has 5 nitrogen and oxygen atoms in total. The van der Waals surface area contributed by atoms with Gasteiger partial charge in [0.05, 0.1) is 12.5 Å². The number of carbonyl (C=O) groups excluding carboxylic acids is 2. The molecular weight excluding hydrogens is 186 g/mol. The molecule has 0 aromatic rings. The van der Waals surface area contributed by atoms with Gasteiger partial charge in [-0.3, -0.25) is 4.79 Å². The maximum absolute atomic E-state index is 11.3. The molecule has 2 fully saturated rings. The molecule has 14 heavy (non-hydrogen) atoms. The first kappa shape index (κ1) is 9.45. The van der Waals surface area contributed by atoms with Gasteiger partial charge in [-0.2, -0.15) is 0 Å². The Labute approximate surface area is 81.4 Å². The lowest BCUT2D eigenvalue weighted by Gasteiger charge is -2.45. The lowest BCUT2D eigenvalue weighted by Crippen LogP contribution is -2.73. The summed E-state index contributed by atoms with van der Waals surface area (Å²) >= 11 is 0. The zero-order chi connectivity index (χ0) is 10.5. The van der Waals surface area contributed by atoms with E-state index in [0.717, 1.165) is 0 Å². The smallest absolute Gasteiger partial charge is 0.338 e. The van der Waals surface area contributed by atoms with Gasteiger partial charge in [0.25, 0.3) is 0 Å². The van der Waals surface area contributed by atoms with Crippen LogP contribution in [-0.4, -0.2) is 34.7 Å². The van der Waals surface area contributed by atoms with Gasteiger partial charge >= 0.3 is 5.97 Å². The molecule has 3 atom stereocenters. The summed E-state index contributed by atoms with van der Waals surface area (Å²) in [6, 6.07) is 0. The third-order valence-corrected chi connectivity index (χ3v) is 2.91. The largest absolute Gasteiger partial charge is 0.457 e. The molecule has 0 saturated carbocycles. The third kappa shape index (κ3) is 0.930. The molecule has 0 spiro atoms. The van der Waals surface area contributed by atoms with Crippen LogP contribution in [0.1, 0.15) is 20.3 Å². The number of esters is 1. The van der Waals surface area contributed by atoms with Crippen LogP contribution in [0.4, 0.5) is 0 Å². The van der Waals surface area contributed by atoms with Crippen LogP contribution in [-0.2, 0) is 14.3 Å². The highest BCUT2D eigenvalue weighted by atomic mass is 16.6. The Hall–Kier alpha value is -1.10. The normalized spacial score (nSPS) is 37.3. The van der Waals surface area contributed by atoms with Crippen LogP contribution in [0.15, 0.2) is 0 Å². The van der Waals surface area contributed by atoms with Crippen LogP contribution < -0.4 is 5.32 Å². The number of hydrogen-bond donors (Lipinski definition) is 2. The first-order chi connectivity index (χ1) is 6.48. The van der Waals surface area contributed by atoms with Crippen molar-refractivity contribution < 1.29 is 19.4 Å². The number of aliphatic hydroxyl groups excluding tert-OH is 1. The fourth-order valence-corrected chi connectivity index (χ4v) is 2.09. The van der Waals surface area contributed by atoms with E-state index in [0.29, 0.717) is 0 Å². The van der Waals surface area contributed by atoms with Crippen LogP contribution in [0, 0.1) is 5.92 Å². The monoisotopic (exact) mass is 199 g/mol. The van der Waals surface area contributed by atoms with E-state index >= 15 is 0 Å². The molecule has 2 aliphatic heterocycles. The first-order valence-corrected chi connectivity index (χ1v) is 4.68. The Bertz CT molecular complexity index is 301. The van der Waals surface area contributed by atoms with Gasteiger partial charge in [-0.25, -0.2) is 4.79 Å². The minimum atomic E-state index is -1.16. The molecule has 78 valence electrons. The van der Waals surface area contributed by atoms with Gasteiger partial charge in [0, 0.05) is 0 Å². The highest BCUT2D eigenvalue weighted by molar-refractivity contribution is 5.98. The van der Waals surface area contributed by atoms with E-state index < -0.39 is 23.7 Å². The molecule has 5 heteroatoms. The molecule has 2 heterocycles. The minimum absolute atomic E-state index is 0.0937. The number of ether oxygens (including phenoxy) is 1. The van der Waals surface area contributed by atoms with Crippen molar-refractivity contribution in [1.82, 2.24) is 5.32 Å². The number of amides is 1. The Balaban J connectivity index is 2.28. The molecule has 0 radical (unpaired) electrons. The molecule has 0 bridgehead atoms. The predicted molar refractivity (Wildman–Crippen MR) is 46.2 cm³/mol. The second-order valence-electron chi connectivity index (χ2n) is 4.20. The van der Waals surface area contributed by atoms with Crippen molar-refractivity contribution in [2.24, 2.45) is 5.92 Å². The zero-order valence-electron chi connectivity index (χ0n) is 8.11. The van der Waals surface area contributed by atoms with Gasteiger partial charge in [-0.1, -0.05) is 13.8 Å². The summed E-state index contributed by atoms with van der Waals surface area (Å²) in [5.41, 5.74) is -1.16. The van der Waals surface area contributed by atoms with Crippen LogP contribution in [0.5, 0.6) is 0 Å². The number of hydrogen-bond acceptors (Lipinski definition) is 4. The van der Waals surface area contributed by atoms with E-state index in [1.54, 1.807) is 13.8 Å². The van der Waals surface area contributed by atoms with E-state index in [2.05, 4.69) is 5.32 Å². The van der Waals surface area contributed by atoms with Crippen LogP contribution in [0.3, 0.4) is 0 Å². The molecule has 2 N–H and O–H groups in total. The summed E-state index contributed by atoms with van der Waals surface area (Å²) < 4.78 is 4.83. The number of aliphatic hydroxyl groups is 1. The average molecular weight is 199 g/mol. The fourth-order valence-electron chi connectivity index (χ4n) is 2.09. The predicted octanol–water partition coefficient (Wildman–Crippen LogP) is -0.813. The summed E-state index contributed by atoms with van der Waals surface area (Å²) in [5.74, 6) is -0.848. The van der Waals surface area contributed by atoms with Crippen molar-refractivity contribution in [3.05, 3.63) is 0 Å². The Morgan fingerprint density at radius 2 is 2.21 bits per heavy atom. The van der Waals surface area contributed by atoms with E-state index in [1.807, 2.05) is 0 Å². The summed E-state index contributed by atoms with van der Waals surface area (Å²) in [7, 11) is 0. The van der Waals surface area contributed by atoms with Crippen molar-refractivity contribution in [2.45, 2.75) is 38.0 Å². The van der Waals surface area contributed by atoms with Crippen LogP contribution in [0.25, 0.3) is 0 Å². The minimum Gasteiger partial charge on any atom is -0.457 e. The Morgan fingerprint density at radius 3 is 2.64 bits per heavy atom. The van der Waals surface area contributed by atoms with Crippen molar-refractivity contribution in [1.29, 1.82) is 0 Å². The van der Waals surface area contributed by atoms with Gasteiger partial charge in [0.15, 0.2) is 0 Å². The van der Waals surface area contributed by atoms with Gasteiger partial charge in [-0.15, -0.1) is 0 Å². The maximum atomic E-state index is 11.3. The molecule has 1 unspecified atom stereocenters. The van der Waals surface area contributed by atoms with E-state index in [4.69, 9.17) is 4.74 Å². The van der Waals surface area contributed by atoms with E-state index in [1.165, 1.54) is 0 Å². The second kappa shape index (κ2) is 2.70. The number of nitrogens with one attached hydrogen (secondary N) is 1. The Kier molecular flexibility index (Phi) is 1.82. The molecule has 2 saturated heterocycles. The summed E-state index contributed by atoms with van der Waals surface area (Å²) in [6.45, 7) is 3.60. The van der Waals surface area contributed by atoms with Crippen molar-refractivity contribution >= 4 is 11.9 Å². The second-order valence-corrected chi connectivity index (χ2v) is 4.20. The molecule has 0 aromatic carbocycles. The van der Waals surface area contributed by atoms with Crippen molar-refractivity contribution in [3.63, 3.8) is 0 Å². The lowest BCUT2D eigenvalue weighted by atomic mass is 9.78. The molecular formula is C9H13NO4. The van der Waals surface area contributed by atoms with Gasteiger partial charge in [0.2, 0.25) is 11.4 Å². The molecule has 1 amide bonds. The number of fused-ring (bicyclic) bond motifs is 1. The zero-order valence-corrected chi connectivity index (χ0v) is 8.11. The lowest BCUT2D eigenvalue weighted by molar-refractivity contribution is -0.202. The standard InChI is InChI=1S/C9H13NO4/c1-4(2)7(12)9-5(14-8(9)13)3-6(11)10-9/h4-5,7,12H,3H2,1-2H3,(H,10,11)/t5-,7?,9-/m0/s1. The third-order valence-electron chi connectivity index (χ3n) is 2.91. The molecule has 2 aliphatic rings. The molecule has 0 aromatic heterocycles. The van der Waals surface area contributed by atoms with Gasteiger partial charge in [-0.05, 0) is 5.92 Å². The highest BCUT2D eigenvalue weighted by Crippen LogP contribution is 2.39. The summed E-state index contributed by atoms with van der Waals surface area (Å²) in [6.07, 6.45) is -1.20. The fraction of sp³-hybridized carbons (Fsp3) is 0.778. The van der Waals surface area contributed by atoms with E-state index in [-0.39, 0.29) is 18.2 Å². The molecule has 0 aliphatic carbocycles. The summed E-state index contributed by atoms with van der Waals surface area (Å²) in [5, 5.41) is 12.4. The topological polar surface area (TPSA) is 75.6 Å². The Morgan fingerprint density at radius 1 is 1.57 bits per heavy atom. The van der Waals surface area contributed by atoms with Gasteiger partial charge < -0.3 is 15.2 Å². The van der Waals surface area contributed by atoms with E-state index in [9.17, 15) is 14.7 Å². The number of carbonyl (C=O) groups is 2. The first-order valence-electron chi connectivity index (χ1n) is 4.68. The molecule has 2 rings (SSSR count). The van der Waals surface area contributed by atoms with Crippen LogP contribution in [0.2, 0.25) is 0 Å². The SMILES string of the molecule is CC(C)C(O)[C@@]12NC(=O)C[C@@H]1OC2=O. The highest BCUT2D eigenvalue weighted by Gasteiger charge is 2.68. The summed E-state index contributed by atoms with van der Waals surface area (Å²) in [4.78, 5) is 22.5. The average Bonchev–Trinajstić information content (AvgIpc) is 2.37. The number of rotatable bonds is 2. The van der Waals surface area contributed by atoms with Crippen molar-refractivity contribution in [2.75, 3.05) is 0 Å². The van der Waals surface area contributed by atoms with Gasteiger partial charge in [0.1, 0.15) is 6.10 Å². The maximum Gasteiger partial charge on any atom is 0.338 e.